The van der Waals surface area contributed by atoms with Gasteiger partial charge in [0.1, 0.15) is 0 Å². The number of ether oxygens (including phenoxy) is 3. The SMILES string of the molecule is CCn1c(SCC(=O)NN=Cc2cccc(OC)c2O)nnc1-c1ccc(OC)c(OC)c1. The van der Waals surface area contributed by atoms with Crippen LogP contribution >= 0.6 is 11.8 Å². The summed E-state index contributed by atoms with van der Waals surface area (Å²) >= 11 is 1.25. The van der Waals surface area contributed by atoms with Gasteiger partial charge in [0.2, 0.25) is 0 Å². The van der Waals surface area contributed by atoms with Crippen molar-refractivity contribution >= 4 is 23.9 Å². The van der Waals surface area contributed by atoms with Gasteiger partial charge in [-0.2, -0.15) is 5.10 Å². The summed E-state index contributed by atoms with van der Waals surface area (Å²) in [6.45, 7) is 2.59. The first-order chi connectivity index (χ1) is 16.0. The Morgan fingerprint density at radius 2 is 1.88 bits per heavy atom. The predicted molar refractivity (Wildman–Crippen MR) is 125 cm³/mol. The van der Waals surface area contributed by atoms with Crippen molar-refractivity contribution in [3.63, 3.8) is 0 Å². The zero-order chi connectivity index (χ0) is 23.8. The second-order valence-corrected chi connectivity index (χ2v) is 7.54. The van der Waals surface area contributed by atoms with Crippen LogP contribution in [0, 0.1) is 0 Å². The lowest BCUT2D eigenvalue weighted by Gasteiger charge is -2.10. The van der Waals surface area contributed by atoms with Gasteiger partial charge >= 0.3 is 0 Å². The van der Waals surface area contributed by atoms with Crippen LogP contribution in [0.5, 0.6) is 23.0 Å². The molecule has 0 bridgehead atoms. The molecule has 33 heavy (non-hydrogen) atoms. The van der Waals surface area contributed by atoms with E-state index in [4.69, 9.17) is 14.2 Å². The number of hydrogen-bond donors (Lipinski definition) is 2. The number of methoxy groups -OCH3 is 3. The molecule has 174 valence electrons. The fourth-order valence-corrected chi connectivity index (χ4v) is 3.81. The maximum Gasteiger partial charge on any atom is 0.250 e. The van der Waals surface area contributed by atoms with Crippen LogP contribution < -0.4 is 19.6 Å². The molecule has 0 aliphatic rings. The number of phenolic OH excluding ortho intramolecular Hbond substituents is 1. The Kier molecular flexibility index (Phi) is 8.14. The first-order valence-electron chi connectivity index (χ1n) is 9.98. The topological polar surface area (TPSA) is 120 Å². The van der Waals surface area contributed by atoms with Crippen molar-refractivity contribution in [1.82, 2.24) is 20.2 Å². The van der Waals surface area contributed by atoms with Gasteiger partial charge in [0.25, 0.3) is 5.91 Å². The van der Waals surface area contributed by atoms with E-state index in [1.807, 2.05) is 23.6 Å². The Morgan fingerprint density at radius 1 is 1.12 bits per heavy atom. The van der Waals surface area contributed by atoms with Gasteiger partial charge in [-0.1, -0.05) is 17.8 Å². The van der Waals surface area contributed by atoms with E-state index < -0.39 is 0 Å². The van der Waals surface area contributed by atoms with Crippen molar-refractivity contribution in [3.05, 3.63) is 42.0 Å². The third-order valence-electron chi connectivity index (χ3n) is 4.65. The third-order valence-corrected chi connectivity index (χ3v) is 5.62. The van der Waals surface area contributed by atoms with Crippen LogP contribution in [0.4, 0.5) is 0 Å². The monoisotopic (exact) mass is 471 g/mol. The van der Waals surface area contributed by atoms with E-state index in [0.29, 0.717) is 40.3 Å². The Balaban J connectivity index is 1.65. The molecule has 0 radical (unpaired) electrons. The standard InChI is InChI=1S/C22H25N5O5S/c1-5-27-21(14-9-10-16(30-2)18(11-14)32-4)25-26-22(27)33-13-19(28)24-23-12-15-7-6-8-17(31-3)20(15)29/h6-12,29H,5,13H2,1-4H3,(H,24,28). The van der Waals surface area contributed by atoms with Crippen molar-refractivity contribution < 1.29 is 24.1 Å². The highest BCUT2D eigenvalue weighted by Gasteiger charge is 2.16. The second kappa shape index (κ2) is 11.2. The summed E-state index contributed by atoms with van der Waals surface area (Å²) in [6, 6.07) is 10.5. The van der Waals surface area contributed by atoms with E-state index in [2.05, 4.69) is 20.7 Å². The number of aromatic hydroxyl groups is 1. The molecule has 1 amide bonds. The number of carbonyl (C=O) groups excluding carboxylic acids is 1. The number of benzene rings is 2. The molecule has 2 aromatic carbocycles. The molecule has 10 nitrogen and oxygen atoms in total. The van der Waals surface area contributed by atoms with Gasteiger partial charge in [-0.05, 0) is 37.3 Å². The first kappa shape index (κ1) is 23.9. The van der Waals surface area contributed by atoms with Crippen LogP contribution in [0.1, 0.15) is 12.5 Å². The molecular weight excluding hydrogens is 446 g/mol. The first-order valence-corrected chi connectivity index (χ1v) is 11.0. The van der Waals surface area contributed by atoms with Crippen molar-refractivity contribution in [2.75, 3.05) is 27.1 Å². The molecule has 0 aliphatic carbocycles. The minimum atomic E-state index is -0.322. The van der Waals surface area contributed by atoms with Crippen LogP contribution in [-0.4, -0.2) is 59.1 Å². The van der Waals surface area contributed by atoms with Gasteiger partial charge in [0.15, 0.2) is 34.0 Å². The molecule has 0 unspecified atom stereocenters. The number of nitrogens with zero attached hydrogens (tertiary/aromatic N) is 4. The molecule has 0 fully saturated rings. The van der Waals surface area contributed by atoms with Crippen LogP contribution in [-0.2, 0) is 11.3 Å². The van der Waals surface area contributed by atoms with E-state index >= 15 is 0 Å². The second-order valence-electron chi connectivity index (χ2n) is 6.60. The van der Waals surface area contributed by atoms with E-state index in [9.17, 15) is 9.90 Å². The number of carbonyl (C=O) groups is 1. The number of phenols is 1. The summed E-state index contributed by atoms with van der Waals surface area (Å²) in [7, 11) is 4.61. The molecule has 11 heteroatoms. The molecule has 0 saturated heterocycles. The maximum absolute atomic E-state index is 12.2. The maximum atomic E-state index is 12.2. The number of nitrogens with one attached hydrogen (secondary N) is 1. The zero-order valence-corrected chi connectivity index (χ0v) is 19.5. The summed E-state index contributed by atoms with van der Waals surface area (Å²) in [4.78, 5) is 12.2. The number of hydrazone groups is 1. The summed E-state index contributed by atoms with van der Waals surface area (Å²) < 4.78 is 17.6. The van der Waals surface area contributed by atoms with Gasteiger partial charge in [0, 0.05) is 17.7 Å². The quantitative estimate of drug-likeness (QED) is 0.263. The highest BCUT2D eigenvalue weighted by atomic mass is 32.2. The summed E-state index contributed by atoms with van der Waals surface area (Å²) in [5.41, 5.74) is 3.68. The number of aromatic nitrogens is 3. The minimum absolute atomic E-state index is 0.0499. The fraction of sp³-hybridized carbons (Fsp3) is 0.273. The average Bonchev–Trinajstić information content (AvgIpc) is 3.26. The minimum Gasteiger partial charge on any atom is -0.504 e. The van der Waals surface area contributed by atoms with E-state index in [-0.39, 0.29) is 17.4 Å². The van der Waals surface area contributed by atoms with Gasteiger partial charge in [-0.15, -0.1) is 10.2 Å². The number of amides is 1. The lowest BCUT2D eigenvalue weighted by Crippen LogP contribution is -2.20. The summed E-state index contributed by atoms with van der Waals surface area (Å²) in [5.74, 6) is 1.92. The Labute approximate surface area is 195 Å². The molecule has 3 rings (SSSR count). The van der Waals surface area contributed by atoms with Crippen LogP contribution in [0.15, 0.2) is 46.7 Å². The normalized spacial score (nSPS) is 10.9. The Morgan fingerprint density at radius 3 is 2.58 bits per heavy atom. The fourth-order valence-electron chi connectivity index (χ4n) is 3.01. The lowest BCUT2D eigenvalue weighted by molar-refractivity contribution is -0.118. The van der Waals surface area contributed by atoms with Crippen LogP contribution in [0.25, 0.3) is 11.4 Å². The van der Waals surface area contributed by atoms with Crippen LogP contribution in [0.2, 0.25) is 0 Å². The molecule has 1 heterocycles. The van der Waals surface area contributed by atoms with Crippen molar-refractivity contribution in [2.24, 2.45) is 5.10 Å². The average molecular weight is 472 g/mol. The van der Waals surface area contributed by atoms with Crippen molar-refractivity contribution in [2.45, 2.75) is 18.6 Å². The highest BCUT2D eigenvalue weighted by molar-refractivity contribution is 7.99. The van der Waals surface area contributed by atoms with Gasteiger partial charge in [0.05, 0.1) is 33.3 Å². The molecule has 0 aliphatic heterocycles. The largest absolute Gasteiger partial charge is 0.504 e. The summed E-state index contributed by atoms with van der Waals surface area (Å²) in [5, 5.41) is 23.1. The lowest BCUT2D eigenvalue weighted by atomic mass is 10.2. The van der Waals surface area contributed by atoms with E-state index in [1.54, 1.807) is 38.5 Å². The number of thioether (sulfide) groups is 1. The number of rotatable bonds is 10. The number of hydrogen-bond acceptors (Lipinski definition) is 9. The van der Waals surface area contributed by atoms with Gasteiger partial charge in [-0.25, -0.2) is 5.43 Å². The van der Waals surface area contributed by atoms with Crippen molar-refractivity contribution in [3.8, 4) is 34.4 Å². The van der Waals surface area contributed by atoms with Gasteiger partial charge < -0.3 is 23.9 Å². The Bertz CT molecular complexity index is 1150. The van der Waals surface area contributed by atoms with E-state index in [0.717, 1.165) is 5.56 Å². The zero-order valence-electron chi connectivity index (χ0n) is 18.7. The predicted octanol–water partition coefficient (Wildman–Crippen LogP) is 2.94. The molecule has 1 aromatic heterocycles. The Hall–Kier alpha value is -3.73. The highest BCUT2D eigenvalue weighted by Crippen LogP contribution is 2.33. The molecule has 3 aromatic rings. The third kappa shape index (κ3) is 5.55. The van der Waals surface area contributed by atoms with E-state index in [1.165, 1.54) is 25.1 Å². The molecular formula is C22H25N5O5S. The van der Waals surface area contributed by atoms with Crippen LogP contribution in [0.3, 0.4) is 0 Å². The molecule has 0 atom stereocenters. The van der Waals surface area contributed by atoms with Gasteiger partial charge in [-0.3, -0.25) is 4.79 Å². The molecule has 2 N–H and O–H groups in total. The number of para-hydroxylation sites is 1. The molecule has 0 spiro atoms. The molecule has 0 saturated carbocycles. The van der Waals surface area contributed by atoms with Crippen molar-refractivity contribution in [1.29, 1.82) is 0 Å². The smallest absolute Gasteiger partial charge is 0.250 e. The summed E-state index contributed by atoms with van der Waals surface area (Å²) in [6.07, 6.45) is 1.35.